The van der Waals surface area contributed by atoms with Gasteiger partial charge in [-0.05, 0) is 6.54 Å². The van der Waals surface area contributed by atoms with Crippen LogP contribution in [0.5, 0.6) is 0 Å². The number of hydrogen-bond acceptors (Lipinski definition) is 2. The van der Waals surface area contributed by atoms with Gasteiger partial charge in [-0.1, -0.05) is 12.8 Å². The van der Waals surface area contributed by atoms with Crippen molar-refractivity contribution in [3.05, 3.63) is 18.2 Å². The average molecular weight is 177 g/mol. The Morgan fingerprint density at radius 3 is 3.23 bits per heavy atom. The fourth-order valence-electron chi connectivity index (χ4n) is 1.12. The van der Waals surface area contributed by atoms with Crippen molar-refractivity contribution in [2.75, 3.05) is 13.1 Å². The van der Waals surface area contributed by atoms with Crippen LogP contribution in [0, 0.1) is 12.3 Å². The van der Waals surface area contributed by atoms with Crippen LogP contribution in [0.25, 0.3) is 0 Å². The van der Waals surface area contributed by atoms with Crippen molar-refractivity contribution in [2.45, 2.75) is 19.9 Å². The monoisotopic (exact) mass is 177 g/mol. The van der Waals surface area contributed by atoms with Gasteiger partial charge in [0, 0.05) is 19.2 Å². The van der Waals surface area contributed by atoms with Gasteiger partial charge in [0.15, 0.2) is 0 Å². The molecule has 70 valence electrons. The van der Waals surface area contributed by atoms with Gasteiger partial charge in [-0.3, -0.25) is 0 Å². The molecule has 3 nitrogen and oxygen atoms in total. The Kier molecular flexibility index (Phi) is 4.07. The van der Waals surface area contributed by atoms with E-state index in [4.69, 9.17) is 6.42 Å². The summed E-state index contributed by atoms with van der Waals surface area (Å²) in [4.78, 5) is 4.23. The van der Waals surface area contributed by atoms with Gasteiger partial charge in [-0.25, -0.2) is 4.98 Å². The Morgan fingerprint density at radius 1 is 1.69 bits per heavy atom. The Balaban J connectivity index is 2.36. The van der Waals surface area contributed by atoms with Crippen molar-refractivity contribution in [1.82, 2.24) is 14.9 Å². The molecule has 0 unspecified atom stereocenters. The molecule has 1 rings (SSSR count). The zero-order valence-corrected chi connectivity index (χ0v) is 7.95. The molecule has 0 aliphatic heterocycles. The Morgan fingerprint density at radius 2 is 2.54 bits per heavy atom. The molecule has 1 N–H and O–H groups in total. The first-order valence-corrected chi connectivity index (χ1v) is 4.51. The number of aromatic nitrogens is 2. The van der Waals surface area contributed by atoms with Crippen LogP contribution in [0.4, 0.5) is 0 Å². The zero-order valence-electron chi connectivity index (χ0n) is 7.95. The molecule has 0 amide bonds. The van der Waals surface area contributed by atoms with Crippen LogP contribution < -0.4 is 5.32 Å². The minimum atomic E-state index is 0.605. The van der Waals surface area contributed by atoms with Crippen LogP contribution in [0.3, 0.4) is 0 Å². The summed E-state index contributed by atoms with van der Waals surface area (Å²) >= 11 is 0. The molecule has 1 aromatic heterocycles. The highest BCUT2D eigenvalue weighted by molar-refractivity contribution is 4.99. The molecule has 0 saturated heterocycles. The second-order valence-electron chi connectivity index (χ2n) is 2.85. The van der Waals surface area contributed by atoms with E-state index in [1.165, 1.54) is 0 Å². The van der Waals surface area contributed by atoms with Gasteiger partial charge in [-0.2, -0.15) is 0 Å². The molecule has 0 bridgehead atoms. The normalized spacial score (nSPS) is 9.85. The van der Waals surface area contributed by atoms with E-state index < -0.39 is 0 Å². The van der Waals surface area contributed by atoms with Crippen LogP contribution in [0.15, 0.2) is 12.5 Å². The highest BCUT2D eigenvalue weighted by Crippen LogP contribution is 1.95. The van der Waals surface area contributed by atoms with Gasteiger partial charge in [0.2, 0.25) is 0 Å². The zero-order chi connectivity index (χ0) is 9.52. The summed E-state index contributed by atoms with van der Waals surface area (Å²) in [7, 11) is 0. The summed E-state index contributed by atoms with van der Waals surface area (Å²) in [5.74, 6) is 2.57. The summed E-state index contributed by atoms with van der Waals surface area (Å²) < 4.78 is 1.92. The molecule has 0 aliphatic rings. The summed E-state index contributed by atoms with van der Waals surface area (Å²) in [6, 6.07) is 0. The van der Waals surface area contributed by atoms with E-state index in [0.717, 1.165) is 25.2 Å². The lowest BCUT2D eigenvalue weighted by molar-refractivity contribution is 0.709. The maximum Gasteiger partial charge on any atom is 0.0957 e. The van der Waals surface area contributed by atoms with Crippen molar-refractivity contribution in [1.29, 1.82) is 0 Å². The number of likely N-dealkylation sites (N-methyl/N-ethyl adjacent to an activating group) is 1. The first-order chi connectivity index (χ1) is 6.36. The summed E-state index contributed by atoms with van der Waals surface area (Å²) in [6.45, 7) is 4.68. The third-order valence-electron chi connectivity index (χ3n) is 1.77. The summed E-state index contributed by atoms with van der Waals surface area (Å²) in [6.07, 6.45) is 9.92. The van der Waals surface area contributed by atoms with Gasteiger partial charge in [0.05, 0.1) is 18.6 Å². The fraction of sp³-hybridized carbons (Fsp3) is 0.500. The number of imidazole rings is 1. The first-order valence-electron chi connectivity index (χ1n) is 4.51. The Hall–Kier alpha value is -1.27. The number of terminal acetylenes is 1. The van der Waals surface area contributed by atoms with E-state index in [1.54, 1.807) is 6.33 Å². The van der Waals surface area contributed by atoms with Crippen LogP contribution in [0.2, 0.25) is 0 Å². The van der Waals surface area contributed by atoms with Crippen LogP contribution >= 0.6 is 0 Å². The molecule has 0 saturated carbocycles. The van der Waals surface area contributed by atoms with Gasteiger partial charge in [0.25, 0.3) is 0 Å². The third-order valence-corrected chi connectivity index (χ3v) is 1.77. The van der Waals surface area contributed by atoms with E-state index >= 15 is 0 Å². The standard InChI is InChI=1S/C10H15N3/c1-3-7-13-8-10(12-9-13)5-6-11-4-2/h1,8-9,11H,4-7H2,2H3. The molecule has 13 heavy (non-hydrogen) atoms. The molecule has 0 atom stereocenters. The molecule has 1 heterocycles. The van der Waals surface area contributed by atoms with Crippen molar-refractivity contribution in [3.63, 3.8) is 0 Å². The van der Waals surface area contributed by atoms with Crippen molar-refractivity contribution >= 4 is 0 Å². The quantitative estimate of drug-likeness (QED) is 0.529. The maximum absolute atomic E-state index is 5.18. The van der Waals surface area contributed by atoms with Gasteiger partial charge < -0.3 is 9.88 Å². The number of nitrogens with zero attached hydrogens (tertiary/aromatic N) is 2. The lowest BCUT2D eigenvalue weighted by Crippen LogP contribution is -2.16. The summed E-state index contributed by atoms with van der Waals surface area (Å²) in [5, 5.41) is 3.25. The lowest BCUT2D eigenvalue weighted by Gasteiger charge is -1.97. The van der Waals surface area contributed by atoms with E-state index in [1.807, 2.05) is 10.8 Å². The van der Waals surface area contributed by atoms with E-state index in [0.29, 0.717) is 6.54 Å². The fourth-order valence-corrected chi connectivity index (χ4v) is 1.12. The maximum atomic E-state index is 5.18. The van der Waals surface area contributed by atoms with Crippen molar-refractivity contribution in [3.8, 4) is 12.3 Å². The number of rotatable bonds is 5. The van der Waals surface area contributed by atoms with E-state index in [9.17, 15) is 0 Å². The van der Waals surface area contributed by atoms with Crippen LogP contribution in [-0.4, -0.2) is 22.6 Å². The molecule has 0 aromatic carbocycles. The van der Waals surface area contributed by atoms with Crippen molar-refractivity contribution < 1.29 is 0 Å². The lowest BCUT2D eigenvalue weighted by atomic mass is 10.3. The van der Waals surface area contributed by atoms with E-state index in [-0.39, 0.29) is 0 Å². The second-order valence-corrected chi connectivity index (χ2v) is 2.85. The molecule has 0 fully saturated rings. The molecule has 0 spiro atoms. The van der Waals surface area contributed by atoms with Crippen LogP contribution in [-0.2, 0) is 13.0 Å². The molecular weight excluding hydrogens is 162 g/mol. The number of hydrogen-bond donors (Lipinski definition) is 1. The highest BCUT2D eigenvalue weighted by Gasteiger charge is 1.96. The summed E-state index contributed by atoms with van der Waals surface area (Å²) in [5.41, 5.74) is 1.09. The van der Waals surface area contributed by atoms with Gasteiger partial charge >= 0.3 is 0 Å². The Labute approximate surface area is 79.2 Å². The minimum absolute atomic E-state index is 0.605. The van der Waals surface area contributed by atoms with Crippen molar-refractivity contribution in [2.24, 2.45) is 0 Å². The van der Waals surface area contributed by atoms with Gasteiger partial charge in [-0.15, -0.1) is 6.42 Å². The first kappa shape index (κ1) is 9.82. The largest absolute Gasteiger partial charge is 0.326 e. The molecule has 3 heteroatoms. The SMILES string of the molecule is C#CCn1cnc(CCNCC)c1. The smallest absolute Gasteiger partial charge is 0.0957 e. The van der Waals surface area contributed by atoms with E-state index in [2.05, 4.69) is 23.1 Å². The predicted octanol–water partition coefficient (Wildman–Crippen LogP) is 0.668. The molecule has 1 aromatic rings. The number of nitrogens with one attached hydrogen (secondary N) is 1. The topological polar surface area (TPSA) is 29.9 Å². The van der Waals surface area contributed by atoms with Crippen LogP contribution in [0.1, 0.15) is 12.6 Å². The Bertz CT molecular complexity index is 283. The van der Waals surface area contributed by atoms with Gasteiger partial charge in [0.1, 0.15) is 0 Å². The molecule has 0 radical (unpaired) electrons. The molecular formula is C10H15N3. The third kappa shape index (κ3) is 3.30. The highest BCUT2D eigenvalue weighted by atomic mass is 15.0. The molecule has 0 aliphatic carbocycles. The minimum Gasteiger partial charge on any atom is -0.326 e. The predicted molar refractivity (Wildman–Crippen MR) is 53.3 cm³/mol. The average Bonchev–Trinajstić information content (AvgIpc) is 2.54. The second kappa shape index (κ2) is 5.39.